The molecule has 3 nitrogen and oxygen atoms in total. The predicted molar refractivity (Wildman–Crippen MR) is 110 cm³/mol. The van der Waals surface area contributed by atoms with Gasteiger partial charge in [-0.2, -0.15) is 13.2 Å². The van der Waals surface area contributed by atoms with Crippen LogP contribution in [-0.4, -0.2) is 36.9 Å². The maximum absolute atomic E-state index is 12.7. The van der Waals surface area contributed by atoms with E-state index in [4.69, 9.17) is 9.47 Å². The molecule has 1 saturated heterocycles. The molecular formula is C24H34F3NO2. The van der Waals surface area contributed by atoms with Crippen LogP contribution in [0.2, 0.25) is 0 Å². The summed E-state index contributed by atoms with van der Waals surface area (Å²) < 4.78 is 50.5. The monoisotopic (exact) mass is 425 g/mol. The number of alkyl halides is 3. The zero-order valence-corrected chi connectivity index (χ0v) is 17.7. The highest BCUT2D eigenvalue weighted by molar-refractivity contribution is 5.28. The molecular weight excluding hydrogens is 391 g/mol. The highest BCUT2D eigenvalue weighted by Crippen LogP contribution is 2.36. The fourth-order valence-corrected chi connectivity index (χ4v) is 5.42. The van der Waals surface area contributed by atoms with E-state index in [-0.39, 0.29) is 12.3 Å². The second-order valence-corrected chi connectivity index (χ2v) is 9.34. The molecule has 3 aliphatic rings. The average Bonchev–Trinajstić information content (AvgIpc) is 3.16. The van der Waals surface area contributed by atoms with Crippen LogP contribution >= 0.6 is 0 Å². The van der Waals surface area contributed by atoms with Crippen LogP contribution in [0.1, 0.15) is 69.8 Å². The summed E-state index contributed by atoms with van der Waals surface area (Å²) in [6.45, 7) is 2.35. The van der Waals surface area contributed by atoms with Gasteiger partial charge in [-0.15, -0.1) is 0 Å². The van der Waals surface area contributed by atoms with Gasteiger partial charge in [0, 0.05) is 13.1 Å². The molecule has 2 saturated carbocycles. The van der Waals surface area contributed by atoms with Crippen molar-refractivity contribution in [3.05, 3.63) is 29.8 Å². The van der Waals surface area contributed by atoms with Crippen molar-refractivity contribution in [1.29, 1.82) is 0 Å². The Labute approximate surface area is 177 Å². The third-order valence-electron chi connectivity index (χ3n) is 7.02. The minimum Gasteiger partial charge on any atom is -0.491 e. The van der Waals surface area contributed by atoms with E-state index in [0.29, 0.717) is 18.3 Å². The lowest BCUT2D eigenvalue weighted by molar-refractivity contribution is -0.137. The van der Waals surface area contributed by atoms with Crippen molar-refractivity contribution in [3.63, 3.8) is 0 Å². The van der Waals surface area contributed by atoms with Gasteiger partial charge in [-0.3, -0.25) is 4.90 Å². The van der Waals surface area contributed by atoms with E-state index in [1.807, 2.05) is 0 Å². The maximum Gasteiger partial charge on any atom is 0.416 e. The molecule has 6 heteroatoms. The Morgan fingerprint density at radius 3 is 2.17 bits per heavy atom. The molecule has 4 rings (SSSR count). The van der Waals surface area contributed by atoms with E-state index in [9.17, 15) is 13.2 Å². The van der Waals surface area contributed by atoms with E-state index in [0.717, 1.165) is 31.1 Å². The van der Waals surface area contributed by atoms with Crippen molar-refractivity contribution in [3.8, 4) is 5.75 Å². The van der Waals surface area contributed by atoms with Gasteiger partial charge in [0.2, 0.25) is 0 Å². The van der Waals surface area contributed by atoms with Gasteiger partial charge in [0.1, 0.15) is 24.7 Å². The van der Waals surface area contributed by atoms with Gasteiger partial charge in [0.05, 0.1) is 5.56 Å². The molecule has 0 bridgehead atoms. The Morgan fingerprint density at radius 2 is 1.53 bits per heavy atom. The molecule has 1 aromatic carbocycles. The third kappa shape index (κ3) is 5.70. The lowest BCUT2D eigenvalue weighted by atomic mass is 9.86. The van der Waals surface area contributed by atoms with Crippen LogP contribution in [0.5, 0.6) is 5.75 Å². The van der Waals surface area contributed by atoms with E-state index in [2.05, 4.69) is 4.90 Å². The summed E-state index contributed by atoms with van der Waals surface area (Å²) in [7, 11) is 0. The summed E-state index contributed by atoms with van der Waals surface area (Å²) in [5, 5.41) is 0. The summed E-state index contributed by atoms with van der Waals surface area (Å²) >= 11 is 0. The van der Waals surface area contributed by atoms with E-state index in [1.54, 1.807) is 0 Å². The molecule has 2 aliphatic carbocycles. The number of nitrogens with zero attached hydrogens (tertiary/aromatic N) is 1. The second kappa shape index (κ2) is 9.90. The van der Waals surface area contributed by atoms with Crippen molar-refractivity contribution < 1.29 is 22.6 Å². The van der Waals surface area contributed by atoms with Crippen molar-refractivity contribution >= 4 is 0 Å². The molecule has 168 valence electrons. The first kappa shape index (κ1) is 21.9. The van der Waals surface area contributed by atoms with E-state index < -0.39 is 11.7 Å². The number of halogens is 3. The van der Waals surface area contributed by atoms with Gasteiger partial charge in [-0.05, 0) is 61.8 Å². The molecule has 0 amide bonds. The molecule has 1 heterocycles. The second-order valence-electron chi connectivity index (χ2n) is 9.34. The number of benzene rings is 1. The standard InChI is InChI=1S/C24H34F3NO2/c25-24(26,27)20-11-13-21(14-12-20)29-17-22-16-28(15-18-7-3-1-4-8-18)23(30-22)19-9-5-2-6-10-19/h11-14,18-19,22-23H,1-10,15-17H2. The first-order valence-corrected chi connectivity index (χ1v) is 11.7. The Balaban J connectivity index is 1.34. The molecule has 2 atom stereocenters. The highest BCUT2D eigenvalue weighted by atomic mass is 19.4. The SMILES string of the molecule is FC(F)(F)c1ccc(OCC2CN(CC3CCCCC3)C(C3CCCCC3)O2)cc1. The number of hydrogen-bond donors (Lipinski definition) is 0. The molecule has 0 N–H and O–H groups in total. The quantitative estimate of drug-likeness (QED) is 0.536. The fourth-order valence-electron chi connectivity index (χ4n) is 5.42. The van der Waals surface area contributed by atoms with Gasteiger partial charge in [-0.25, -0.2) is 0 Å². The zero-order valence-electron chi connectivity index (χ0n) is 17.7. The first-order valence-electron chi connectivity index (χ1n) is 11.7. The van der Waals surface area contributed by atoms with E-state index in [1.165, 1.54) is 76.3 Å². The summed E-state index contributed by atoms with van der Waals surface area (Å²) in [6.07, 6.45) is 8.88. The van der Waals surface area contributed by atoms with Crippen LogP contribution in [0, 0.1) is 11.8 Å². The Hall–Kier alpha value is -1.27. The van der Waals surface area contributed by atoms with Crippen LogP contribution in [0.4, 0.5) is 13.2 Å². The normalized spacial score (nSPS) is 27.4. The lowest BCUT2D eigenvalue weighted by Gasteiger charge is -2.35. The van der Waals surface area contributed by atoms with Gasteiger partial charge >= 0.3 is 6.18 Å². The van der Waals surface area contributed by atoms with Crippen LogP contribution < -0.4 is 4.74 Å². The molecule has 1 aliphatic heterocycles. The summed E-state index contributed by atoms with van der Waals surface area (Å²) in [4.78, 5) is 2.55. The number of hydrogen-bond acceptors (Lipinski definition) is 3. The Bertz CT molecular complexity index is 651. The molecule has 3 fully saturated rings. The predicted octanol–water partition coefficient (Wildman–Crippen LogP) is 6.27. The van der Waals surface area contributed by atoms with Crippen LogP contribution in [0.25, 0.3) is 0 Å². The largest absolute Gasteiger partial charge is 0.491 e. The van der Waals surface area contributed by atoms with Crippen molar-refractivity contribution in [2.45, 2.75) is 82.7 Å². The van der Waals surface area contributed by atoms with Crippen molar-refractivity contribution in [1.82, 2.24) is 4.90 Å². The molecule has 2 unspecified atom stereocenters. The summed E-state index contributed by atoms with van der Waals surface area (Å²) in [5.41, 5.74) is -0.650. The maximum atomic E-state index is 12.7. The van der Waals surface area contributed by atoms with E-state index >= 15 is 0 Å². The minimum atomic E-state index is -4.32. The topological polar surface area (TPSA) is 21.7 Å². The third-order valence-corrected chi connectivity index (χ3v) is 7.02. The number of ether oxygens (including phenoxy) is 2. The number of rotatable bonds is 6. The van der Waals surface area contributed by atoms with Crippen LogP contribution in [0.15, 0.2) is 24.3 Å². The van der Waals surface area contributed by atoms with Crippen LogP contribution in [0.3, 0.4) is 0 Å². The molecule has 1 aromatic rings. The molecule has 30 heavy (non-hydrogen) atoms. The molecule has 0 aromatic heterocycles. The fraction of sp³-hybridized carbons (Fsp3) is 0.750. The minimum absolute atomic E-state index is 0.0252. The van der Waals surface area contributed by atoms with Gasteiger partial charge in [0.15, 0.2) is 0 Å². The summed E-state index contributed by atoms with van der Waals surface area (Å²) in [6, 6.07) is 4.95. The summed E-state index contributed by atoms with van der Waals surface area (Å²) in [5.74, 6) is 1.83. The van der Waals surface area contributed by atoms with Gasteiger partial charge < -0.3 is 9.47 Å². The van der Waals surface area contributed by atoms with Crippen LogP contribution in [-0.2, 0) is 10.9 Å². The van der Waals surface area contributed by atoms with Crippen molar-refractivity contribution in [2.75, 3.05) is 19.7 Å². The lowest BCUT2D eigenvalue weighted by Crippen LogP contribution is -2.40. The van der Waals surface area contributed by atoms with Gasteiger partial charge in [-0.1, -0.05) is 38.5 Å². The smallest absolute Gasteiger partial charge is 0.416 e. The van der Waals surface area contributed by atoms with Gasteiger partial charge in [0.25, 0.3) is 0 Å². The van der Waals surface area contributed by atoms with Crippen molar-refractivity contribution in [2.24, 2.45) is 11.8 Å². The Kier molecular flexibility index (Phi) is 7.24. The molecule has 0 radical (unpaired) electrons. The highest BCUT2D eigenvalue weighted by Gasteiger charge is 2.39. The molecule has 0 spiro atoms. The zero-order chi connectivity index (χ0) is 21.0. The first-order chi connectivity index (χ1) is 14.5. The Morgan fingerprint density at radius 1 is 0.900 bits per heavy atom. The average molecular weight is 426 g/mol.